The predicted molar refractivity (Wildman–Crippen MR) is 103 cm³/mol. The topological polar surface area (TPSA) is 66.9 Å². The van der Waals surface area contributed by atoms with Gasteiger partial charge in [0.2, 0.25) is 15.9 Å². The number of sulfonamides is 1. The van der Waals surface area contributed by atoms with Crippen molar-refractivity contribution in [1.29, 1.82) is 0 Å². The van der Waals surface area contributed by atoms with Gasteiger partial charge in [0.1, 0.15) is 5.75 Å². The van der Waals surface area contributed by atoms with Crippen molar-refractivity contribution in [3.05, 3.63) is 59.7 Å². The second-order valence-corrected chi connectivity index (χ2v) is 8.85. The lowest BCUT2D eigenvalue weighted by molar-refractivity contribution is -0.132. The quantitative estimate of drug-likeness (QED) is 0.762. The third kappa shape index (κ3) is 4.48. The van der Waals surface area contributed by atoms with E-state index in [4.69, 9.17) is 4.74 Å². The SMILES string of the molecule is CN(C)S(=O)(=O)c1ccc2c(c1)CN(C(=O)CCOc1ccccc1)CC2. The van der Waals surface area contributed by atoms with E-state index in [1.165, 1.54) is 18.4 Å². The van der Waals surface area contributed by atoms with E-state index in [1.807, 2.05) is 36.4 Å². The van der Waals surface area contributed by atoms with Gasteiger partial charge >= 0.3 is 0 Å². The van der Waals surface area contributed by atoms with Gasteiger partial charge < -0.3 is 9.64 Å². The van der Waals surface area contributed by atoms with Gasteiger partial charge in [-0.25, -0.2) is 12.7 Å². The summed E-state index contributed by atoms with van der Waals surface area (Å²) in [5, 5.41) is 0. The van der Waals surface area contributed by atoms with Gasteiger partial charge in [-0.15, -0.1) is 0 Å². The van der Waals surface area contributed by atoms with Crippen LogP contribution >= 0.6 is 0 Å². The molecule has 2 aromatic rings. The molecule has 1 aliphatic heterocycles. The zero-order valence-corrected chi connectivity index (χ0v) is 16.4. The average Bonchev–Trinajstić information content (AvgIpc) is 2.67. The van der Waals surface area contributed by atoms with Crippen LogP contribution in [0.4, 0.5) is 0 Å². The highest BCUT2D eigenvalue weighted by Gasteiger charge is 2.24. The summed E-state index contributed by atoms with van der Waals surface area (Å²) in [5.41, 5.74) is 1.98. The lowest BCUT2D eigenvalue weighted by Gasteiger charge is -2.29. The van der Waals surface area contributed by atoms with Crippen LogP contribution in [0.2, 0.25) is 0 Å². The normalized spacial score (nSPS) is 14.1. The Morgan fingerprint density at radius 3 is 2.56 bits per heavy atom. The Labute approximate surface area is 160 Å². The van der Waals surface area contributed by atoms with E-state index < -0.39 is 10.0 Å². The number of fused-ring (bicyclic) bond motifs is 1. The van der Waals surface area contributed by atoms with E-state index in [2.05, 4.69) is 0 Å². The van der Waals surface area contributed by atoms with Gasteiger partial charge in [-0.1, -0.05) is 24.3 Å². The number of amides is 1. The molecule has 144 valence electrons. The fraction of sp³-hybridized carbons (Fsp3) is 0.350. The van der Waals surface area contributed by atoms with Gasteiger partial charge in [-0.3, -0.25) is 4.79 Å². The summed E-state index contributed by atoms with van der Waals surface area (Å²) in [7, 11) is -0.461. The van der Waals surface area contributed by atoms with Gasteiger partial charge in [0, 0.05) is 27.2 Å². The van der Waals surface area contributed by atoms with Crippen molar-refractivity contribution >= 4 is 15.9 Å². The summed E-state index contributed by atoms with van der Waals surface area (Å²) in [6, 6.07) is 14.6. The minimum absolute atomic E-state index is 0.0115. The second-order valence-electron chi connectivity index (χ2n) is 6.69. The van der Waals surface area contributed by atoms with E-state index in [-0.39, 0.29) is 10.8 Å². The molecule has 1 amide bonds. The third-order valence-corrected chi connectivity index (χ3v) is 6.46. The Balaban J connectivity index is 1.63. The summed E-state index contributed by atoms with van der Waals surface area (Å²) in [4.78, 5) is 14.5. The van der Waals surface area contributed by atoms with Gasteiger partial charge in [0.05, 0.1) is 17.9 Å². The number of carbonyl (C=O) groups is 1. The highest BCUT2D eigenvalue weighted by atomic mass is 32.2. The van der Waals surface area contributed by atoms with Crippen molar-refractivity contribution in [2.24, 2.45) is 0 Å². The van der Waals surface area contributed by atoms with Crippen LogP contribution in [0.25, 0.3) is 0 Å². The number of benzene rings is 2. The summed E-state index contributed by atoms with van der Waals surface area (Å²) < 4.78 is 31.5. The molecule has 0 atom stereocenters. The maximum absolute atomic E-state index is 12.5. The highest BCUT2D eigenvalue weighted by molar-refractivity contribution is 7.89. The summed E-state index contributed by atoms with van der Waals surface area (Å²) >= 11 is 0. The number of ether oxygens (including phenoxy) is 1. The molecule has 0 fully saturated rings. The van der Waals surface area contributed by atoms with Crippen molar-refractivity contribution in [3.63, 3.8) is 0 Å². The van der Waals surface area contributed by atoms with Crippen LogP contribution in [0.15, 0.2) is 53.4 Å². The van der Waals surface area contributed by atoms with Crippen LogP contribution in [0, 0.1) is 0 Å². The lowest BCUT2D eigenvalue weighted by Crippen LogP contribution is -2.36. The number of hydrogen-bond donors (Lipinski definition) is 0. The van der Waals surface area contributed by atoms with Crippen LogP contribution in [-0.2, 0) is 27.8 Å². The fourth-order valence-electron chi connectivity index (χ4n) is 3.05. The highest BCUT2D eigenvalue weighted by Crippen LogP contribution is 2.24. The standard InChI is InChI=1S/C20H24N2O4S/c1-21(2)27(24,25)19-9-8-16-10-12-22(15-17(16)14-19)20(23)11-13-26-18-6-4-3-5-7-18/h3-9,14H,10-13,15H2,1-2H3. The molecule has 6 nitrogen and oxygen atoms in total. The first-order valence-corrected chi connectivity index (χ1v) is 10.3. The molecule has 0 bridgehead atoms. The molecular formula is C20H24N2O4S. The van der Waals surface area contributed by atoms with E-state index in [9.17, 15) is 13.2 Å². The molecule has 0 unspecified atom stereocenters. The van der Waals surface area contributed by atoms with E-state index in [1.54, 1.807) is 17.0 Å². The molecule has 0 N–H and O–H groups in total. The molecule has 0 saturated heterocycles. The molecule has 0 spiro atoms. The zero-order chi connectivity index (χ0) is 19.4. The first kappa shape index (κ1) is 19.4. The average molecular weight is 388 g/mol. The lowest BCUT2D eigenvalue weighted by atomic mass is 10.00. The molecule has 1 aliphatic rings. The molecule has 0 radical (unpaired) electrons. The predicted octanol–water partition coefficient (Wildman–Crippen LogP) is 2.29. The largest absolute Gasteiger partial charge is 0.493 e. The van der Waals surface area contributed by atoms with Crippen LogP contribution in [0.5, 0.6) is 5.75 Å². The first-order chi connectivity index (χ1) is 12.9. The van der Waals surface area contributed by atoms with Crippen LogP contribution in [0.3, 0.4) is 0 Å². The van der Waals surface area contributed by atoms with Gasteiger partial charge in [0.15, 0.2) is 0 Å². The van der Waals surface area contributed by atoms with Crippen LogP contribution in [0.1, 0.15) is 17.5 Å². The van der Waals surface area contributed by atoms with E-state index >= 15 is 0 Å². The summed E-state index contributed by atoms with van der Waals surface area (Å²) in [6.45, 7) is 1.38. The third-order valence-electron chi connectivity index (χ3n) is 4.65. The molecule has 0 aromatic heterocycles. The van der Waals surface area contributed by atoms with Gasteiger partial charge in [-0.2, -0.15) is 0 Å². The Morgan fingerprint density at radius 2 is 1.85 bits per heavy atom. The van der Waals surface area contributed by atoms with Crippen LogP contribution < -0.4 is 4.74 Å². The molecule has 2 aromatic carbocycles. The Kier molecular flexibility index (Phi) is 5.82. The number of para-hydroxylation sites is 1. The van der Waals surface area contributed by atoms with Crippen LogP contribution in [-0.4, -0.2) is 50.8 Å². The maximum Gasteiger partial charge on any atom is 0.242 e. The number of nitrogens with zero attached hydrogens (tertiary/aromatic N) is 2. The summed E-state index contributed by atoms with van der Waals surface area (Å²) in [6.07, 6.45) is 1.02. The van der Waals surface area contributed by atoms with Gasteiger partial charge in [0.25, 0.3) is 0 Å². The first-order valence-electron chi connectivity index (χ1n) is 8.88. The van der Waals surface area contributed by atoms with Crippen molar-refractivity contribution in [2.45, 2.75) is 24.3 Å². The number of hydrogen-bond acceptors (Lipinski definition) is 4. The Morgan fingerprint density at radius 1 is 1.11 bits per heavy atom. The van der Waals surface area contributed by atoms with E-state index in [0.717, 1.165) is 23.3 Å². The number of rotatable bonds is 6. The van der Waals surface area contributed by atoms with Gasteiger partial charge in [-0.05, 0) is 41.8 Å². The maximum atomic E-state index is 12.5. The molecule has 27 heavy (non-hydrogen) atoms. The fourth-order valence-corrected chi connectivity index (χ4v) is 4.00. The molecular weight excluding hydrogens is 364 g/mol. The van der Waals surface area contributed by atoms with Crippen molar-refractivity contribution < 1.29 is 17.9 Å². The molecule has 0 aliphatic carbocycles. The molecule has 3 rings (SSSR count). The second kappa shape index (κ2) is 8.10. The Hall–Kier alpha value is -2.38. The summed E-state index contributed by atoms with van der Waals surface area (Å²) in [5.74, 6) is 0.755. The monoisotopic (exact) mass is 388 g/mol. The smallest absolute Gasteiger partial charge is 0.242 e. The molecule has 1 heterocycles. The van der Waals surface area contributed by atoms with Crippen molar-refractivity contribution in [2.75, 3.05) is 27.2 Å². The molecule has 7 heteroatoms. The minimum Gasteiger partial charge on any atom is -0.493 e. The van der Waals surface area contributed by atoms with E-state index in [0.29, 0.717) is 26.1 Å². The van der Waals surface area contributed by atoms with Crippen molar-refractivity contribution in [1.82, 2.24) is 9.21 Å². The van der Waals surface area contributed by atoms with Crippen molar-refractivity contribution in [3.8, 4) is 5.75 Å². The minimum atomic E-state index is -3.48. The number of carbonyl (C=O) groups excluding carboxylic acids is 1. The molecule has 0 saturated carbocycles. The Bertz CT molecular complexity index is 911. The zero-order valence-electron chi connectivity index (χ0n) is 15.6.